The summed E-state index contributed by atoms with van der Waals surface area (Å²) < 4.78 is 22.7. The Bertz CT molecular complexity index is 1820. The molecular formula is C74H123NO8. The van der Waals surface area contributed by atoms with Gasteiger partial charge in [-0.1, -0.05) is 270 Å². The molecule has 0 aromatic heterocycles. The van der Waals surface area contributed by atoms with Gasteiger partial charge >= 0.3 is 11.9 Å². The first-order chi connectivity index (χ1) is 40.6. The average Bonchev–Trinajstić information content (AvgIpc) is 3.46. The Hall–Kier alpha value is -4.57. The second-order valence-electron chi connectivity index (χ2n) is 23.0. The second-order valence-corrected chi connectivity index (χ2v) is 23.0. The number of hydrogen-bond donors (Lipinski definition) is 0. The number of carbonyl (C=O) groups excluding carboxylic acids is 3. The molecule has 0 aromatic rings. The third kappa shape index (κ3) is 64.8. The van der Waals surface area contributed by atoms with Crippen molar-refractivity contribution in [3.63, 3.8) is 0 Å². The van der Waals surface area contributed by atoms with E-state index in [2.05, 4.69) is 148 Å². The highest BCUT2D eigenvalue weighted by Crippen LogP contribution is 2.16. The largest absolute Gasteiger partial charge is 0.545 e. The summed E-state index contributed by atoms with van der Waals surface area (Å²) in [5, 5.41) is 11.8. The summed E-state index contributed by atoms with van der Waals surface area (Å²) in [7, 11) is 5.92. The fourth-order valence-corrected chi connectivity index (χ4v) is 8.86. The molecule has 83 heavy (non-hydrogen) atoms. The predicted octanol–water partition coefficient (Wildman–Crippen LogP) is 19.2. The van der Waals surface area contributed by atoms with Crippen LogP contribution in [-0.4, -0.2) is 82.3 Å². The van der Waals surface area contributed by atoms with E-state index in [1.54, 1.807) is 0 Å². The zero-order chi connectivity index (χ0) is 60.5. The molecule has 9 nitrogen and oxygen atoms in total. The van der Waals surface area contributed by atoms with Gasteiger partial charge in [0.25, 0.3) is 0 Å². The third-order valence-corrected chi connectivity index (χ3v) is 13.9. The van der Waals surface area contributed by atoms with Crippen molar-refractivity contribution in [2.75, 3.05) is 47.5 Å². The summed E-state index contributed by atoms with van der Waals surface area (Å²) in [5.41, 5.74) is 0. The molecule has 0 bridgehead atoms. The fraction of sp³-hybridized carbons (Fsp3) is 0.662. The van der Waals surface area contributed by atoms with E-state index in [0.29, 0.717) is 23.9 Å². The number of aliphatic carboxylic acids is 1. The highest BCUT2D eigenvalue weighted by Gasteiger charge is 2.22. The number of quaternary nitrogens is 1. The Morgan fingerprint density at radius 1 is 0.361 bits per heavy atom. The van der Waals surface area contributed by atoms with Gasteiger partial charge in [0.1, 0.15) is 13.2 Å². The van der Waals surface area contributed by atoms with E-state index >= 15 is 0 Å². The zero-order valence-electron chi connectivity index (χ0n) is 53.8. The molecule has 9 heteroatoms. The third-order valence-electron chi connectivity index (χ3n) is 13.9. The van der Waals surface area contributed by atoms with Crippen LogP contribution in [-0.2, 0) is 33.3 Å². The van der Waals surface area contributed by atoms with E-state index in [1.807, 2.05) is 21.1 Å². The number of allylic oxidation sites excluding steroid dienone is 22. The first kappa shape index (κ1) is 78.4. The molecule has 0 rings (SSSR count). The lowest BCUT2D eigenvalue weighted by molar-refractivity contribution is -0.870. The molecule has 0 aliphatic heterocycles. The number of likely N-dealkylation sites (N-methyl/N-ethyl adjacent to an activating group) is 1. The van der Waals surface area contributed by atoms with Crippen molar-refractivity contribution >= 4 is 17.9 Å². The molecule has 0 saturated heterocycles. The van der Waals surface area contributed by atoms with E-state index in [0.717, 1.165) is 122 Å². The number of unbranched alkanes of at least 4 members (excludes halogenated alkanes) is 23. The number of carboxylic acid groups (broad SMARTS) is 1. The molecule has 0 saturated carbocycles. The van der Waals surface area contributed by atoms with Crippen LogP contribution in [0.25, 0.3) is 0 Å². The van der Waals surface area contributed by atoms with Gasteiger partial charge in [0.15, 0.2) is 12.4 Å². The van der Waals surface area contributed by atoms with Gasteiger partial charge in [-0.15, -0.1) is 0 Å². The maximum absolute atomic E-state index is 12.9. The van der Waals surface area contributed by atoms with E-state index < -0.39 is 24.3 Å². The van der Waals surface area contributed by atoms with Crippen molar-refractivity contribution < 1.29 is 42.9 Å². The molecule has 0 N–H and O–H groups in total. The van der Waals surface area contributed by atoms with Crippen molar-refractivity contribution in [2.45, 2.75) is 270 Å². The summed E-state index contributed by atoms with van der Waals surface area (Å²) in [6.07, 6.45) is 88.1. The van der Waals surface area contributed by atoms with Crippen LogP contribution in [0.15, 0.2) is 134 Å². The average molecular weight is 1150 g/mol. The number of ether oxygens (including phenoxy) is 4. The van der Waals surface area contributed by atoms with Crippen molar-refractivity contribution in [1.29, 1.82) is 0 Å². The standard InChI is InChI=1S/C74H123NO8/c1-6-8-10-12-14-16-18-20-22-24-26-28-29-30-31-32-33-34-35-36-37-38-39-40-41-42-43-45-47-49-51-53-55-57-59-61-63-65-72(77)83-70(69-82-74(73(78)79)80-67-66-75(3,4)5)68-81-71(76)64-62-60-58-56-54-52-50-48-46-44-27-25-23-21-19-17-15-13-11-9-7-2/h8-11,14-17,20-23,26-28,30-31,33-34,44,48,50,70,74H,6-7,12-13,18-19,24-25,29,32,35-43,45-47,49,51-69H2,1-5H3/b10-8-,11-9-,16-14-,17-15-,22-20-,23-21-,28-26-,31-30-,34-33-,44-27-,50-48-. The van der Waals surface area contributed by atoms with E-state index in [1.165, 1.54) is 96.3 Å². The quantitative estimate of drug-likeness (QED) is 0.0195. The number of hydrogen-bond acceptors (Lipinski definition) is 8. The van der Waals surface area contributed by atoms with Crippen LogP contribution in [0.2, 0.25) is 0 Å². The Labute approximate surface area is 509 Å². The van der Waals surface area contributed by atoms with Gasteiger partial charge in [0.2, 0.25) is 0 Å². The van der Waals surface area contributed by atoms with Crippen LogP contribution < -0.4 is 5.11 Å². The Kier molecular flexibility index (Phi) is 60.0. The van der Waals surface area contributed by atoms with Crippen LogP contribution in [0.5, 0.6) is 0 Å². The zero-order valence-corrected chi connectivity index (χ0v) is 53.8. The minimum absolute atomic E-state index is 0.139. The maximum Gasteiger partial charge on any atom is 0.306 e. The van der Waals surface area contributed by atoms with Gasteiger partial charge in [0.05, 0.1) is 40.3 Å². The first-order valence-electron chi connectivity index (χ1n) is 33.3. The maximum atomic E-state index is 12.9. The number of nitrogens with zero attached hydrogens (tertiary/aromatic N) is 1. The number of esters is 2. The van der Waals surface area contributed by atoms with Gasteiger partial charge in [0, 0.05) is 12.8 Å². The minimum Gasteiger partial charge on any atom is -0.545 e. The molecule has 2 atom stereocenters. The predicted molar refractivity (Wildman–Crippen MR) is 352 cm³/mol. The molecule has 2 unspecified atom stereocenters. The summed E-state index contributed by atoms with van der Waals surface area (Å²) in [4.78, 5) is 37.4. The van der Waals surface area contributed by atoms with E-state index in [-0.39, 0.29) is 38.6 Å². The van der Waals surface area contributed by atoms with Gasteiger partial charge in [-0.3, -0.25) is 9.59 Å². The van der Waals surface area contributed by atoms with Crippen molar-refractivity contribution in [3.8, 4) is 0 Å². The normalized spacial score (nSPS) is 13.6. The van der Waals surface area contributed by atoms with Crippen molar-refractivity contribution in [2.24, 2.45) is 0 Å². The van der Waals surface area contributed by atoms with E-state index in [4.69, 9.17) is 18.9 Å². The number of carboxylic acids is 1. The molecule has 0 heterocycles. The second kappa shape index (κ2) is 63.5. The van der Waals surface area contributed by atoms with Crippen LogP contribution >= 0.6 is 0 Å². The highest BCUT2D eigenvalue weighted by molar-refractivity contribution is 5.70. The SMILES string of the molecule is CC/C=C\C/C=C\C/C=C\C/C=C\C/C=C\C/C=C\CCCCCCCCCCCCCCCCCCCCC(=O)OC(COC(=O)CCCCCCC/C=C\C/C=C\C/C=C\C/C=C\C/C=C\CC)COC(OCC[N+](C)(C)C)C(=O)[O-]. The Morgan fingerprint density at radius 2 is 0.651 bits per heavy atom. The Balaban J connectivity index is 4.13. The van der Waals surface area contributed by atoms with Crippen LogP contribution in [0.1, 0.15) is 258 Å². The fourth-order valence-electron chi connectivity index (χ4n) is 8.86. The minimum atomic E-state index is -1.63. The number of rotatable bonds is 60. The summed E-state index contributed by atoms with van der Waals surface area (Å²) in [5.74, 6) is -2.31. The molecule has 0 aliphatic rings. The molecule has 0 fully saturated rings. The molecule has 0 aromatic carbocycles. The summed E-state index contributed by atoms with van der Waals surface area (Å²) >= 11 is 0. The lowest BCUT2D eigenvalue weighted by atomic mass is 10.0. The van der Waals surface area contributed by atoms with Crippen molar-refractivity contribution in [1.82, 2.24) is 0 Å². The van der Waals surface area contributed by atoms with Gasteiger partial charge in [-0.2, -0.15) is 0 Å². The topological polar surface area (TPSA) is 111 Å². The van der Waals surface area contributed by atoms with Gasteiger partial charge < -0.3 is 33.3 Å². The van der Waals surface area contributed by atoms with Gasteiger partial charge in [-0.05, 0) is 109 Å². The molecular weight excluding hydrogens is 1030 g/mol. The first-order valence-corrected chi connectivity index (χ1v) is 33.3. The van der Waals surface area contributed by atoms with Crippen molar-refractivity contribution in [3.05, 3.63) is 134 Å². The molecule has 472 valence electrons. The lowest BCUT2D eigenvalue weighted by Crippen LogP contribution is -2.44. The molecule has 0 spiro atoms. The summed E-state index contributed by atoms with van der Waals surface area (Å²) in [6.45, 7) is 4.50. The summed E-state index contributed by atoms with van der Waals surface area (Å²) in [6, 6.07) is 0. The molecule has 0 amide bonds. The van der Waals surface area contributed by atoms with Gasteiger partial charge in [-0.25, -0.2) is 0 Å². The lowest BCUT2D eigenvalue weighted by Gasteiger charge is -2.26. The number of carbonyl (C=O) groups is 3. The van der Waals surface area contributed by atoms with Crippen LogP contribution in [0.4, 0.5) is 0 Å². The van der Waals surface area contributed by atoms with E-state index in [9.17, 15) is 19.5 Å². The van der Waals surface area contributed by atoms with Crippen LogP contribution in [0, 0.1) is 0 Å². The highest BCUT2D eigenvalue weighted by atomic mass is 16.7. The van der Waals surface area contributed by atoms with Crippen LogP contribution in [0.3, 0.4) is 0 Å². The molecule has 0 aliphatic carbocycles. The smallest absolute Gasteiger partial charge is 0.306 e. The molecule has 0 radical (unpaired) electrons. The Morgan fingerprint density at radius 3 is 0.964 bits per heavy atom. The monoisotopic (exact) mass is 1150 g/mol.